The number of nitriles is 1. The number of nitrogens with zero attached hydrogens (tertiary/aromatic N) is 1. The molecule has 7 nitrogen and oxygen atoms in total. The molecule has 3 rings (SSSR count). The number of aromatic nitrogens is 1. The predicted octanol–water partition coefficient (Wildman–Crippen LogP) is 5.13. The van der Waals surface area contributed by atoms with Crippen LogP contribution in [0.4, 0.5) is 5.69 Å². The maximum Gasteiger partial charge on any atom is 0.255 e. The number of nitrogens with one attached hydrogen (secondary N) is 2. The van der Waals surface area contributed by atoms with E-state index in [0.717, 1.165) is 28.5 Å². The summed E-state index contributed by atoms with van der Waals surface area (Å²) in [6, 6.07) is 16.7. The molecule has 0 radical (unpaired) electrons. The fourth-order valence-electron chi connectivity index (χ4n) is 4.21. The van der Waals surface area contributed by atoms with Crippen LogP contribution < -0.4 is 15.0 Å². The largest absolute Gasteiger partial charge is 0.496 e. The first kappa shape index (κ1) is 26.0. The molecule has 3 aromatic rings. The van der Waals surface area contributed by atoms with Crippen molar-refractivity contribution < 1.29 is 13.2 Å². The number of benzene rings is 2. The third kappa shape index (κ3) is 5.92. The summed E-state index contributed by atoms with van der Waals surface area (Å²) < 4.78 is 31.4. The van der Waals surface area contributed by atoms with Crippen LogP contribution in [0.1, 0.15) is 56.2 Å². The third-order valence-electron chi connectivity index (χ3n) is 5.96. The molecule has 1 aromatic heterocycles. The highest BCUT2D eigenvalue weighted by Gasteiger charge is 2.29. The van der Waals surface area contributed by atoms with Crippen LogP contribution in [0.5, 0.6) is 5.75 Å². The summed E-state index contributed by atoms with van der Waals surface area (Å²) in [6.07, 6.45) is 2.68. The summed E-state index contributed by atoms with van der Waals surface area (Å²) in [7, 11) is -1.78. The van der Waals surface area contributed by atoms with Crippen molar-refractivity contribution in [1.29, 1.82) is 5.26 Å². The number of aromatic amines is 1. The van der Waals surface area contributed by atoms with E-state index in [1.807, 2.05) is 19.1 Å². The van der Waals surface area contributed by atoms with Gasteiger partial charge in [0.2, 0.25) is 10.0 Å². The molecule has 0 saturated carbocycles. The Morgan fingerprint density at radius 2 is 1.77 bits per heavy atom. The lowest BCUT2D eigenvalue weighted by Gasteiger charge is -2.28. The number of hydrogen-bond donors (Lipinski definition) is 2. The minimum atomic E-state index is -3.40. The van der Waals surface area contributed by atoms with E-state index in [0.29, 0.717) is 17.0 Å². The first-order valence-electron chi connectivity index (χ1n) is 11.2. The Labute approximate surface area is 206 Å². The molecule has 0 saturated heterocycles. The van der Waals surface area contributed by atoms with Crippen molar-refractivity contribution in [2.45, 2.75) is 44.9 Å². The van der Waals surface area contributed by atoms with Crippen LogP contribution in [0, 0.1) is 11.3 Å². The Morgan fingerprint density at radius 1 is 1.11 bits per heavy atom. The summed E-state index contributed by atoms with van der Waals surface area (Å²) in [4.78, 5) is 15.3. The van der Waals surface area contributed by atoms with E-state index in [-0.39, 0.29) is 16.9 Å². The molecular formula is C27H31N3O4S. The number of rotatable bonds is 7. The summed E-state index contributed by atoms with van der Waals surface area (Å²) in [5.74, 6) is -0.127. The van der Waals surface area contributed by atoms with Crippen LogP contribution in [0.25, 0.3) is 11.1 Å². The first-order chi connectivity index (χ1) is 16.4. The van der Waals surface area contributed by atoms with E-state index < -0.39 is 15.9 Å². The van der Waals surface area contributed by atoms with Gasteiger partial charge in [0.05, 0.1) is 25.4 Å². The number of H-pyrrole nitrogens is 1. The molecule has 2 unspecified atom stereocenters. The number of pyridine rings is 1. The second-order valence-corrected chi connectivity index (χ2v) is 11.4. The highest BCUT2D eigenvalue weighted by molar-refractivity contribution is 7.92. The molecule has 0 aliphatic rings. The van der Waals surface area contributed by atoms with E-state index in [2.05, 4.69) is 36.5 Å². The Morgan fingerprint density at radius 3 is 2.29 bits per heavy atom. The van der Waals surface area contributed by atoms with Crippen LogP contribution in [0.2, 0.25) is 0 Å². The molecule has 184 valence electrons. The summed E-state index contributed by atoms with van der Waals surface area (Å²) in [5.41, 5.74) is 3.76. The van der Waals surface area contributed by atoms with Gasteiger partial charge in [-0.1, -0.05) is 39.8 Å². The molecule has 2 aromatic carbocycles. The fraction of sp³-hybridized carbons (Fsp3) is 0.333. The third-order valence-corrected chi connectivity index (χ3v) is 6.57. The molecule has 2 N–H and O–H groups in total. The van der Waals surface area contributed by atoms with Crippen molar-refractivity contribution in [2.75, 3.05) is 18.1 Å². The molecule has 35 heavy (non-hydrogen) atoms. The maximum atomic E-state index is 12.6. The molecule has 1 heterocycles. The summed E-state index contributed by atoms with van der Waals surface area (Å²) in [5, 5.41) is 10.1. The quantitative estimate of drug-likeness (QED) is 0.474. The van der Waals surface area contributed by atoms with Crippen molar-refractivity contribution in [2.24, 2.45) is 0 Å². The van der Waals surface area contributed by atoms with Crippen LogP contribution in [0.15, 0.2) is 59.5 Å². The number of hydrogen-bond acceptors (Lipinski definition) is 5. The van der Waals surface area contributed by atoms with E-state index in [1.165, 1.54) is 0 Å². The first-order valence-corrected chi connectivity index (χ1v) is 13.1. The molecule has 0 aliphatic heterocycles. The zero-order valence-electron chi connectivity index (χ0n) is 20.8. The molecule has 0 spiro atoms. The highest BCUT2D eigenvalue weighted by atomic mass is 32.2. The average molecular weight is 494 g/mol. The van der Waals surface area contributed by atoms with Crippen LogP contribution in [0.3, 0.4) is 0 Å². The Kier molecular flexibility index (Phi) is 7.41. The smallest absolute Gasteiger partial charge is 0.255 e. The molecule has 8 heteroatoms. The van der Waals surface area contributed by atoms with Gasteiger partial charge >= 0.3 is 0 Å². The van der Waals surface area contributed by atoms with Gasteiger partial charge < -0.3 is 9.72 Å². The molecule has 0 amide bonds. The second-order valence-electron chi connectivity index (χ2n) is 9.70. The van der Waals surface area contributed by atoms with Gasteiger partial charge in [0, 0.05) is 28.9 Å². The fourth-order valence-corrected chi connectivity index (χ4v) is 4.77. The Balaban J connectivity index is 2.16. The van der Waals surface area contributed by atoms with Gasteiger partial charge in [0.15, 0.2) is 0 Å². The molecule has 2 atom stereocenters. The Bertz CT molecular complexity index is 1410. The second kappa shape index (κ2) is 9.96. The van der Waals surface area contributed by atoms with E-state index >= 15 is 0 Å². The molecule has 0 aliphatic carbocycles. The summed E-state index contributed by atoms with van der Waals surface area (Å²) in [6.45, 7) is 8.19. The minimum absolute atomic E-state index is 0.193. The number of ether oxygens (including phenoxy) is 1. The van der Waals surface area contributed by atoms with Crippen LogP contribution in [-0.4, -0.2) is 26.8 Å². The zero-order valence-corrected chi connectivity index (χ0v) is 21.7. The van der Waals surface area contributed by atoms with Crippen molar-refractivity contribution >= 4 is 15.7 Å². The maximum absolute atomic E-state index is 12.6. The van der Waals surface area contributed by atoms with Crippen molar-refractivity contribution in [3.05, 3.63) is 81.8 Å². The molecular weight excluding hydrogens is 462 g/mol. The van der Waals surface area contributed by atoms with Gasteiger partial charge in [0.1, 0.15) is 5.75 Å². The SMILES string of the molecule is COc1c(C(C)C(C#N)c2ccc(NS(C)(=O)=O)cc2)cc(-c2ccc[nH]c2=O)cc1C(C)(C)C. The van der Waals surface area contributed by atoms with Crippen molar-refractivity contribution in [3.63, 3.8) is 0 Å². The normalized spacial score (nSPS) is 13.5. The van der Waals surface area contributed by atoms with E-state index in [9.17, 15) is 18.5 Å². The van der Waals surface area contributed by atoms with Crippen molar-refractivity contribution in [1.82, 2.24) is 4.98 Å². The van der Waals surface area contributed by atoms with Crippen molar-refractivity contribution in [3.8, 4) is 22.9 Å². The topological polar surface area (TPSA) is 112 Å². The minimum Gasteiger partial charge on any atom is -0.496 e. The van der Waals surface area contributed by atoms with Gasteiger partial charge in [-0.15, -0.1) is 0 Å². The predicted molar refractivity (Wildman–Crippen MR) is 139 cm³/mol. The number of methoxy groups -OCH3 is 1. The summed E-state index contributed by atoms with van der Waals surface area (Å²) >= 11 is 0. The van der Waals surface area contributed by atoms with Gasteiger partial charge in [-0.25, -0.2) is 8.42 Å². The van der Waals surface area contributed by atoms with Gasteiger partial charge in [0.25, 0.3) is 5.56 Å². The molecule has 0 bridgehead atoms. The zero-order chi connectivity index (χ0) is 26.0. The van der Waals surface area contributed by atoms with E-state index in [1.54, 1.807) is 49.7 Å². The monoisotopic (exact) mass is 493 g/mol. The van der Waals surface area contributed by atoms with E-state index in [4.69, 9.17) is 4.74 Å². The van der Waals surface area contributed by atoms with Crippen LogP contribution >= 0.6 is 0 Å². The lowest BCUT2D eigenvalue weighted by molar-refractivity contribution is 0.388. The lowest BCUT2D eigenvalue weighted by atomic mass is 9.77. The highest BCUT2D eigenvalue weighted by Crippen LogP contribution is 2.44. The Hall–Kier alpha value is -3.57. The standard InChI is InChI=1S/C27H31N3O4S/c1-17(23(16-28)18-9-11-20(12-10-18)30-35(6,32)33)22-14-19(21-8-7-13-29-26(21)31)15-24(25(22)34-5)27(2,3)4/h7-15,17,23,30H,1-6H3,(H,29,31). The molecule has 0 fully saturated rings. The van der Waals surface area contributed by atoms with Crippen LogP contribution in [-0.2, 0) is 15.4 Å². The average Bonchev–Trinajstić information content (AvgIpc) is 2.78. The van der Waals surface area contributed by atoms with Gasteiger partial charge in [-0.3, -0.25) is 9.52 Å². The number of sulfonamides is 1. The van der Waals surface area contributed by atoms with Gasteiger partial charge in [-0.2, -0.15) is 5.26 Å². The number of anilines is 1. The lowest BCUT2D eigenvalue weighted by Crippen LogP contribution is -2.17. The van der Waals surface area contributed by atoms with Gasteiger partial charge in [-0.05, 0) is 58.5 Å².